The Hall–Kier alpha value is -0.320. The summed E-state index contributed by atoms with van der Waals surface area (Å²) < 4.78 is 6.66. The number of aryl methyl sites for hydroxylation is 1. The van der Waals surface area contributed by atoms with Gasteiger partial charge < -0.3 is 4.42 Å². The fourth-order valence-corrected chi connectivity index (χ4v) is 2.69. The third kappa shape index (κ3) is 1.80. The Labute approximate surface area is 92.7 Å². The van der Waals surface area contributed by atoms with Crippen molar-refractivity contribution < 1.29 is 4.42 Å². The zero-order valence-electron chi connectivity index (χ0n) is 6.67. The molecule has 0 N–H and O–H groups in total. The molecule has 0 unspecified atom stereocenters. The average Bonchev–Trinajstić information content (AvgIpc) is 2.58. The summed E-state index contributed by atoms with van der Waals surface area (Å²) >= 11 is 10.6. The number of hydrogen-bond donors (Lipinski definition) is 0. The van der Waals surface area contributed by atoms with E-state index in [0.29, 0.717) is 10.6 Å². The van der Waals surface area contributed by atoms with E-state index in [1.165, 1.54) is 11.3 Å². The summed E-state index contributed by atoms with van der Waals surface area (Å²) in [5.74, 6) is 0.645. The van der Waals surface area contributed by atoms with Crippen LogP contribution in [0.4, 0.5) is 0 Å². The summed E-state index contributed by atoms with van der Waals surface area (Å²) in [6.45, 7) is 1.81. The summed E-state index contributed by atoms with van der Waals surface area (Å²) in [7, 11) is 0. The van der Waals surface area contributed by atoms with Crippen LogP contribution in [0, 0.1) is 6.92 Å². The van der Waals surface area contributed by atoms with Gasteiger partial charge in [-0.3, -0.25) is 0 Å². The summed E-state index contributed by atoms with van der Waals surface area (Å²) in [6.07, 6.45) is 0. The van der Waals surface area contributed by atoms with Crippen LogP contribution in [0.1, 0.15) is 5.89 Å². The fourth-order valence-electron chi connectivity index (χ4n) is 0.996. The molecule has 0 aromatic carbocycles. The normalized spacial score (nSPS) is 10.7. The molecule has 0 amide bonds. The Morgan fingerprint density at radius 3 is 2.77 bits per heavy atom. The Morgan fingerprint density at radius 1 is 1.54 bits per heavy atom. The second-order valence-electron chi connectivity index (χ2n) is 2.46. The van der Waals surface area contributed by atoms with Crippen LogP contribution in [0.2, 0.25) is 4.34 Å². The van der Waals surface area contributed by atoms with Gasteiger partial charge in [-0.1, -0.05) is 11.6 Å². The zero-order valence-corrected chi connectivity index (χ0v) is 9.83. The van der Waals surface area contributed by atoms with Crippen molar-refractivity contribution in [1.82, 2.24) is 4.98 Å². The molecule has 2 aromatic heterocycles. The lowest BCUT2D eigenvalue weighted by molar-refractivity contribution is 0.500. The van der Waals surface area contributed by atoms with Gasteiger partial charge in [0.05, 0.1) is 9.21 Å². The molecular weight excluding hydrogens is 274 g/mol. The van der Waals surface area contributed by atoms with Crippen LogP contribution < -0.4 is 0 Å². The van der Waals surface area contributed by atoms with Crippen molar-refractivity contribution in [3.05, 3.63) is 27.0 Å². The number of thiophene rings is 1. The molecule has 2 rings (SSSR count). The van der Waals surface area contributed by atoms with Crippen LogP contribution in [0.3, 0.4) is 0 Å². The molecule has 2 nitrogen and oxygen atoms in total. The third-order valence-electron chi connectivity index (χ3n) is 1.50. The molecule has 0 fully saturated rings. The standard InChI is InChI=1S/C8H5BrClNOS/c1-4-11-7(8(9)12-4)5-2-3-6(10)13-5/h2-3H,1H3. The maximum atomic E-state index is 5.81. The maximum Gasteiger partial charge on any atom is 0.198 e. The minimum Gasteiger partial charge on any atom is -0.434 e. The molecule has 0 spiro atoms. The topological polar surface area (TPSA) is 26.0 Å². The second-order valence-corrected chi connectivity index (χ2v) is 4.89. The molecule has 0 radical (unpaired) electrons. The number of rotatable bonds is 1. The minimum atomic E-state index is 0.645. The van der Waals surface area contributed by atoms with Crippen LogP contribution in [0.5, 0.6) is 0 Å². The highest BCUT2D eigenvalue weighted by Gasteiger charge is 2.12. The molecule has 0 saturated carbocycles. The summed E-state index contributed by atoms with van der Waals surface area (Å²) in [5.41, 5.74) is 0.814. The molecule has 0 aliphatic rings. The number of nitrogens with zero attached hydrogens (tertiary/aromatic N) is 1. The highest BCUT2D eigenvalue weighted by molar-refractivity contribution is 9.10. The van der Waals surface area contributed by atoms with E-state index in [4.69, 9.17) is 16.0 Å². The Bertz CT molecular complexity index is 437. The van der Waals surface area contributed by atoms with E-state index in [2.05, 4.69) is 20.9 Å². The predicted molar refractivity (Wildman–Crippen MR) is 57.3 cm³/mol. The molecule has 0 atom stereocenters. The molecule has 2 aromatic rings. The first-order valence-electron chi connectivity index (χ1n) is 3.55. The van der Waals surface area contributed by atoms with Crippen molar-refractivity contribution in [3.8, 4) is 10.6 Å². The third-order valence-corrected chi connectivity index (χ3v) is 3.27. The van der Waals surface area contributed by atoms with Gasteiger partial charge in [0.25, 0.3) is 0 Å². The quantitative estimate of drug-likeness (QED) is 0.784. The van der Waals surface area contributed by atoms with Gasteiger partial charge in [-0.05, 0) is 28.1 Å². The smallest absolute Gasteiger partial charge is 0.198 e. The minimum absolute atomic E-state index is 0.645. The second kappa shape index (κ2) is 3.44. The van der Waals surface area contributed by atoms with Crippen LogP contribution in [0.25, 0.3) is 10.6 Å². The monoisotopic (exact) mass is 277 g/mol. The van der Waals surface area contributed by atoms with Crippen molar-refractivity contribution in [2.24, 2.45) is 0 Å². The molecular formula is C8H5BrClNOS. The van der Waals surface area contributed by atoms with Gasteiger partial charge in [-0.2, -0.15) is 0 Å². The van der Waals surface area contributed by atoms with Crippen LogP contribution in [-0.4, -0.2) is 4.98 Å². The first kappa shape index (κ1) is 9.24. The van der Waals surface area contributed by atoms with E-state index in [9.17, 15) is 0 Å². The molecule has 0 bridgehead atoms. The number of halogens is 2. The van der Waals surface area contributed by atoms with Crippen molar-refractivity contribution in [3.63, 3.8) is 0 Å². The molecule has 5 heteroatoms. The van der Waals surface area contributed by atoms with Crippen molar-refractivity contribution in [2.75, 3.05) is 0 Å². The van der Waals surface area contributed by atoms with Crippen LogP contribution in [-0.2, 0) is 0 Å². The lowest BCUT2D eigenvalue weighted by Gasteiger charge is -1.87. The van der Waals surface area contributed by atoms with E-state index >= 15 is 0 Å². The molecule has 0 saturated heterocycles. The van der Waals surface area contributed by atoms with E-state index in [1.807, 2.05) is 19.1 Å². The predicted octanol–water partition coefficient (Wildman–Crippen LogP) is 4.13. The molecule has 2 heterocycles. The highest BCUT2D eigenvalue weighted by Crippen LogP contribution is 2.35. The molecule has 0 aliphatic heterocycles. The maximum absolute atomic E-state index is 5.81. The SMILES string of the molecule is Cc1nc(-c2ccc(Cl)s2)c(Br)o1. The van der Waals surface area contributed by atoms with Crippen LogP contribution in [0.15, 0.2) is 21.2 Å². The Kier molecular flexibility index (Phi) is 2.45. The number of aromatic nitrogens is 1. The van der Waals surface area contributed by atoms with Crippen molar-refractivity contribution in [2.45, 2.75) is 6.92 Å². The number of hydrogen-bond acceptors (Lipinski definition) is 3. The fraction of sp³-hybridized carbons (Fsp3) is 0.125. The molecule has 13 heavy (non-hydrogen) atoms. The average molecular weight is 279 g/mol. The Balaban J connectivity index is 2.51. The lowest BCUT2D eigenvalue weighted by Crippen LogP contribution is -1.72. The van der Waals surface area contributed by atoms with Gasteiger partial charge >= 0.3 is 0 Å². The zero-order chi connectivity index (χ0) is 9.42. The first-order valence-corrected chi connectivity index (χ1v) is 5.54. The van der Waals surface area contributed by atoms with Gasteiger partial charge in [0.2, 0.25) is 0 Å². The molecule has 0 aliphatic carbocycles. The van der Waals surface area contributed by atoms with Gasteiger partial charge in [-0.15, -0.1) is 11.3 Å². The van der Waals surface area contributed by atoms with E-state index in [-0.39, 0.29) is 0 Å². The van der Waals surface area contributed by atoms with Gasteiger partial charge in [0, 0.05) is 6.92 Å². The van der Waals surface area contributed by atoms with Gasteiger partial charge in [-0.25, -0.2) is 4.98 Å². The summed E-state index contributed by atoms with van der Waals surface area (Å²) in [6, 6.07) is 3.77. The largest absolute Gasteiger partial charge is 0.434 e. The van der Waals surface area contributed by atoms with Crippen molar-refractivity contribution >= 4 is 38.9 Å². The number of oxazole rings is 1. The highest BCUT2D eigenvalue weighted by atomic mass is 79.9. The van der Waals surface area contributed by atoms with E-state index in [1.54, 1.807) is 0 Å². The van der Waals surface area contributed by atoms with Crippen LogP contribution >= 0.6 is 38.9 Å². The summed E-state index contributed by atoms with van der Waals surface area (Å²) in [4.78, 5) is 5.24. The first-order chi connectivity index (χ1) is 6.16. The molecule has 68 valence electrons. The van der Waals surface area contributed by atoms with E-state index in [0.717, 1.165) is 14.9 Å². The van der Waals surface area contributed by atoms with E-state index < -0.39 is 0 Å². The van der Waals surface area contributed by atoms with Crippen molar-refractivity contribution in [1.29, 1.82) is 0 Å². The lowest BCUT2D eigenvalue weighted by atomic mass is 10.4. The van der Waals surface area contributed by atoms with Gasteiger partial charge in [0.1, 0.15) is 5.69 Å². The summed E-state index contributed by atoms with van der Waals surface area (Å²) in [5, 5.41) is 0. The Morgan fingerprint density at radius 2 is 2.31 bits per heavy atom. The van der Waals surface area contributed by atoms with Gasteiger partial charge in [0.15, 0.2) is 10.6 Å².